The Morgan fingerprint density at radius 3 is 2.22 bits per heavy atom. The van der Waals surface area contributed by atoms with E-state index in [1.807, 2.05) is 12.1 Å². The van der Waals surface area contributed by atoms with Crippen molar-refractivity contribution in [3.8, 4) is 0 Å². The Morgan fingerprint density at radius 1 is 1.26 bits per heavy atom. The van der Waals surface area contributed by atoms with Crippen molar-refractivity contribution >= 4 is 27.9 Å². The molecule has 0 aliphatic heterocycles. The molecule has 1 aromatic rings. The quantitative estimate of drug-likeness (QED) is 0.710. The fourth-order valence-corrected chi connectivity index (χ4v) is 2.29. The molecule has 0 spiro atoms. The summed E-state index contributed by atoms with van der Waals surface area (Å²) in [7, 11) is 0. The molecule has 1 aliphatic carbocycles. The lowest BCUT2D eigenvalue weighted by Gasteiger charge is -2.17. The molecule has 0 aromatic heterocycles. The van der Waals surface area contributed by atoms with Crippen LogP contribution in [0.3, 0.4) is 0 Å². The molecular formula is C14H15BrF3NO4. The van der Waals surface area contributed by atoms with E-state index >= 15 is 0 Å². The first-order valence-corrected chi connectivity index (χ1v) is 7.39. The molecule has 9 heteroatoms. The van der Waals surface area contributed by atoms with Gasteiger partial charge < -0.3 is 15.5 Å². The van der Waals surface area contributed by atoms with Gasteiger partial charge in [-0.15, -0.1) is 0 Å². The molecule has 128 valence electrons. The number of hydrogen-bond acceptors (Lipinski definition) is 3. The van der Waals surface area contributed by atoms with Crippen LogP contribution in [0.5, 0.6) is 0 Å². The molecular weight excluding hydrogens is 383 g/mol. The molecule has 5 nitrogen and oxygen atoms in total. The topological polar surface area (TPSA) is 86.6 Å². The zero-order valence-corrected chi connectivity index (χ0v) is 13.4. The highest BCUT2D eigenvalue weighted by molar-refractivity contribution is 9.10. The summed E-state index contributed by atoms with van der Waals surface area (Å²) < 4.78 is 32.8. The average molecular weight is 398 g/mol. The molecule has 0 saturated heterocycles. The average Bonchev–Trinajstić information content (AvgIpc) is 3.19. The minimum atomic E-state index is -5.08. The van der Waals surface area contributed by atoms with Crippen LogP contribution in [0.2, 0.25) is 0 Å². The Bertz CT molecular complexity index is 573. The number of carboxylic acid groups (broad SMARTS) is 2. The molecule has 0 bridgehead atoms. The predicted molar refractivity (Wildman–Crippen MR) is 79.0 cm³/mol. The van der Waals surface area contributed by atoms with Gasteiger partial charge in [-0.2, -0.15) is 13.2 Å². The molecule has 1 aromatic carbocycles. The number of carboxylic acids is 2. The van der Waals surface area contributed by atoms with Crippen molar-refractivity contribution in [2.75, 3.05) is 6.54 Å². The van der Waals surface area contributed by atoms with E-state index in [1.54, 1.807) is 0 Å². The first-order chi connectivity index (χ1) is 10.6. The van der Waals surface area contributed by atoms with Gasteiger partial charge in [0.15, 0.2) is 0 Å². The van der Waals surface area contributed by atoms with Crippen molar-refractivity contribution < 1.29 is 33.0 Å². The van der Waals surface area contributed by atoms with E-state index in [9.17, 15) is 18.0 Å². The summed E-state index contributed by atoms with van der Waals surface area (Å²) in [5.74, 6) is -3.51. The lowest BCUT2D eigenvalue weighted by atomic mass is 10.1. The van der Waals surface area contributed by atoms with Crippen molar-refractivity contribution in [3.05, 3.63) is 34.3 Å². The van der Waals surface area contributed by atoms with Gasteiger partial charge in [-0.05, 0) is 30.5 Å². The minimum absolute atomic E-state index is 0.0270. The second-order valence-electron chi connectivity index (χ2n) is 4.97. The van der Waals surface area contributed by atoms with Crippen LogP contribution < -0.4 is 5.32 Å². The molecule has 1 saturated carbocycles. The van der Waals surface area contributed by atoms with E-state index in [2.05, 4.69) is 33.4 Å². The number of hydrogen-bond donors (Lipinski definition) is 3. The second-order valence-corrected chi connectivity index (χ2v) is 5.88. The molecule has 2 rings (SSSR count). The van der Waals surface area contributed by atoms with Crippen molar-refractivity contribution in [1.29, 1.82) is 0 Å². The van der Waals surface area contributed by atoms with Crippen LogP contribution >= 0.6 is 15.9 Å². The van der Waals surface area contributed by atoms with Crippen molar-refractivity contribution in [1.82, 2.24) is 5.32 Å². The summed E-state index contributed by atoms with van der Waals surface area (Å²) in [6, 6.07) is 8.20. The number of nitrogens with one attached hydrogen (secondary N) is 1. The van der Waals surface area contributed by atoms with Gasteiger partial charge in [0.1, 0.15) is 0 Å². The molecule has 0 atom stereocenters. The number of rotatable bonds is 5. The Hall–Kier alpha value is -1.61. The van der Waals surface area contributed by atoms with E-state index in [-0.39, 0.29) is 12.0 Å². The van der Waals surface area contributed by atoms with Crippen LogP contribution in [-0.2, 0) is 15.1 Å². The Morgan fingerprint density at radius 2 is 1.83 bits per heavy atom. The van der Waals surface area contributed by atoms with Gasteiger partial charge in [0.05, 0.1) is 6.42 Å². The number of carbonyl (C=O) groups is 2. The van der Waals surface area contributed by atoms with E-state index in [1.165, 1.54) is 5.56 Å². The summed E-state index contributed by atoms with van der Waals surface area (Å²) in [5, 5.41) is 19.1. The fourth-order valence-electron chi connectivity index (χ4n) is 1.89. The standard InChI is InChI=1S/C12H14BrNO2.C2HF3O2/c13-10-3-1-2-9(8-10)12(5-6-12)14-7-4-11(15)16;3-2(4,5)1(6)7/h1-3,8,14H,4-7H2,(H,15,16);(H,6,7). The van der Waals surface area contributed by atoms with Crippen molar-refractivity contribution in [3.63, 3.8) is 0 Å². The van der Waals surface area contributed by atoms with Crippen molar-refractivity contribution in [2.24, 2.45) is 0 Å². The first-order valence-electron chi connectivity index (χ1n) is 6.60. The third-order valence-electron chi connectivity index (χ3n) is 3.17. The van der Waals surface area contributed by atoms with Gasteiger partial charge in [0.2, 0.25) is 0 Å². The van der Waals surface area contributed by atoms with E-state index in [0.29, 0.717) is 6.54 Å². The molecule has 0 heterocycles. The predicted octanol–water partition coefficient (Wildman–Crippen LogP) is 3.14. The normalized spacial score (nSPS) is 15.3. The van der Waals surface area contributed by atoms with Crippen LogP contribution in [0.4, 0.5) is 13.2 Å². The summed E-state index contributed by atoms with van der Waals surface area (Å²) in [5.41, 5.74) is 1.27. The zero-order valence-electron chi connectivity index (χ0n) is 11.9. The van der Waals surface area contributed by atoms with E-state index in [0.717, 1.165) is 17.3 Å². The molecule has 0 amide bonds. The van der Waals surface area contributed by atoms with Crippen LogP contribution in [0.25, 0.3) is 0 Å². The molecule has 0 radical (unpaired) electrons. The minimum Gasteiger partial charge on any atom is -0.481 e. The van der Waals surface area contributed by atoms with Crippen LogP contribution in [-0.4, -0.2) is 34.9 Å². The van der Waals surface area contributed by atoms with E-state index < -0.39 is 18.1 Å². The third-order valence-corrected chi connectivity index (χ3v) is 3.67. The van der Waals surface area contributed by atoms with Gasteiger partial charge in [-0.25, -0.2) is 4.79 Å². The highest BCUT2D eigenvalue weighted by Crippen LogP contribution is 2.45. The summed E-state index contributed by atoms with van der Waals surface area (Å²) in [4.78, 5) is 19.3. The monoisotopic (exact) mass is 397 g/mol. The highest BCUT2D eigenvalue weighted by Gasteiger charge is 2.43. The molecule has 1 aliphatic rings. The van der Waals surface area contributed by atoms with Gasteiger partial charge >= 0.3 is 18.1 Å². The van der Waals surface area contributed by atoms with Gasteiger partial charge in [-0.3, -0.25) is 4.79 Å². The second kappa shape index (κ2) is 7.78. The number of benzene rings is 1. The lowest BCUT2D eigenvalue weighted by Crippen LogP contribution is -2.30. The molecule has 1 fully saturated rings. The number of aliphatic carboxylic acids is 2. The van der Waals surface area contributed by atoms with Gasteiger partial charge in [-0.1, -0.05) is 28.1 Å². The Labute approximate surface area is 138 Å². The van der Waals surface area contributed by atoms with Crippen molar-refractivity contribution in [2.45, 2.75) is 31.0 Å². The smallest absolute Gasteiger partial charge is 0.481 e. The van der Waals surface area contributed by atoms with Gasteiger partial charge in [0.25, 0.3) is 0 Å². The lowest BCUT2D eigenvalue weighted by molar-refractivity contribution is -0.192. The van der Waals surface area contributed by atoms with Crippen LogP contribution in [0, 0.1) is 0 Å². The summed E-state index contributed by atoms with van der Waals surface area (Å²) >= 11 is 3.45. The summed E-state index contributed by atoms with van der Waals surface area (Å²) in [6.45, 7) is 0.530. The fraction of sp³-hybridized carbons (Fsp3) is 0.429. The van der Waals surface area contributed by atoms with Gasteiger partial charge in [0, 0.05) is 16.6 Å². The largest absolute Gasteiger partial charge is 0.490 e. The highest BCUT2D eigenvalue weighted by atomic mass is 79.9. The van der Waals surface area contributed by atoms with E-state index in [4.69, 9.17) is 15.0 Å². The first kappa shape index (κ1) is 19.4. The number of alkyl halides is 3. The Balaban J connectivity index is 0.000000322. The number of halogens is 4. The third kappa shape index (κ3) is 6.57. The molecule has 23 heavy (non-hydrogen) atoms. The summed E-state index contributed by atoms with van der Waals surface area (Å²) in [6.07, 6.45) is -2.73. The maximum atomic E-state index is 10.6. The Kier molecular flexibility index (Phi) is 6.57. The molecule has 0 unspecified atom stereocenters. The maximum Gasteiger partial charge on any atom is 0.490 e. The zero-order chi connectivity index (χ0) is 17.7. The SMILES string of the molecule is O=C(O)C(F)(F)F.O=C(O)CCNC1(c2cccc(Br)c2)CC1. The molecule has 3 N–H and O–H groups in total. The van der Waals surface area contributed by atoms with Crippen LogP contribution in [0.1, 0.15) is 24.8 Å². The van der Waals surface area contributed by atoms with Crippen LogP contribution in [0.15, 0.2) is 28.7 Å². The maximum absolute atomic E-state index is 10.6.